The first-order valence-corrected chi connectivity index (χ1v) is 13.5. The van der Waals surface area contributed by atoms with E-state index in [0.717, 1.165) is 66.9 Å². The predicted octanol–water partition coefficient (Wildman–Crippen LogP) is 5.41. The van der Waals surface area contributed by atoms with E-state index in [4.69, 9.17) is 9.15 Å². The Balaban J connectivity index is 1.55. The molecule has 5 N–H and O–H groups in total. The zero-order valence-corrected chi connectivity index (χ0v) is 22.7. The van der Waals surface area contributed by atoms with Crippen molar-refractivity contribution in [3.8, 4) is 11.5 Å². The van der Waals surface area contributed by atoms with Gasteiger partial charge >= 0.3 is 0 Å². The summed E-state index contributed by atoms with van der Waals surface area (Å²) in [4.78, 5) is 3.34. The van der Waals surface area contributed by atoms with Crippen LogP contribution in [0.2, 0.25) is 0 Å². The number of aromatic hydroxyl groups is 1. The SMILES string of the molecule is CCCCc1ccc(CCc2ccc(O)c(OCC(NC)c3cc(C(C)CCC(O)C(C)O)c[nH]3)c2)o1. The number of rotatable bonds is 16. The molecule has 0 saturated carbocycles. The molecule has 0 radical (unpaired) electrons. The van der Waals surface area contributed by atoms with E-state index in [0.29, 0.717) is 18.8 Å². The highest BCUT2D eigenvalue weighted by Crippen LogP contribution is 2.30. The normalized spacial score (nSPS) is 14.9. The summed E-state index contributed by atoms with van der Waals surface area (Å²) in [6.45, 7) is 6.25. The van der Waals surface area contributed by atoms with E-state index in [1.54, 1.807) is 13.0 Å². The third-order valence-corrected chi connectivity index (χ3v) is 7.06. The van der Waals surface area contributed by atoms with Crippen molar-refractivity contribution >= 4 is 0 Å². The monoisotopic (exact) mass is 512 g/mol. The maximum Gasteiger partial charge on any atom is 0.161 e. The first kappa shape index (κ1) is 28.8. The number of hydrogen-bond acceptors (Lipinski definition) is 6. The Morgan fingerprint density at radius 2 is 1.76 bits per heavy atom. The lowest BCUT2D eigenvalue weighted by Gasteiger charge is -2.17. The summed E-state index contributed by atoms with van der Waals surface area (Å²) in [7, 11) is 1.88. The van der Waals surface area contributed by atoms with E-state index < -0.39 is 12.2 Å². The van der Waals surface area contributed by atoms with Crippen LogP contribution in [0.1, 0.15) is 86.8 Å². The van der Waals surface area contributed by atoms with E-state index in [1.807, 2.05) is 25.4 Å². The van der Waals surface area contributed by atoms with Gasteiger partial charge in [-0.3, -0.25) is 0 Å². The van der Waals surface area contributed by atoms with Gasteiger partial charge < -0.3 is 34.8 Å². The minimum atomic E-state index is -0.719. The number of ether oxygens (including phenoxy) is 1. The smallest absolute Gasteiger partial charge is 0.161 e. The van der Waals surface area contributed by atoms with E-state index >= 15 is 0 Å². The Morgan fingerprint density at radius 1 is 1.00 bits per heavy atom. The quantitative estimate of drug-likeness (QED) is 0.176. The second-order valence-corrected chi connectivity index (χ2v) is 10.1. The van der Waals surface area contributed by atoms with Crippen molar-refractivity contribution in [3.63, 3.8) is 0 Å². The average Bonchev–Trinajstić information content (AvgIpc) is 3.56. The highest BCUT2D eigenvalue weighted by molar-refractivity contribution is 5.42. The Kier molecular flexibility index (Phi) is 11.1. The number of aryl methyl sites for hydroxylation is 3. The van der Waals surface area contributed by atoms with Gasteiger partial charge in [0.25, 0.3) is 0 Å². The summed E-state index contributed by atoms with van der Waals surface area (Å²) in [5, 5.41) is 33.0. The van der Waals surface area contributed by atoms with Crippen molar-refractivity contribution in [1.82, 2.24) is 10.3 Å². The number of benzene rings is 1. The number of phenolic OH excluding ortho intramolecular Hbond substituents is 1. The lowest BCUT2D eigenvalue weighted by Crippen LogP contribution is -2.23. The molecule has 4 atom stereocenters. The van der Waals surface area contributed by atoms with E-state index in [-0.39, 0.29) is 17.7 Å². The van der Waals surface area contributed by atoms with Gasteiger partial charge in [0.15, 0.2) is 11.5 Å². The highest BCUT2D eigenvalue weighted by atomic mass is 16.5. The van der Waals surface area contributed by atoms with Crippen LogP contribution < -0.4 is 10.1 Å². The van der Waals surface area contributed by atoms with Gasteiger partial charge in [-0.15, -0.1) is 0 Å². The van der Waals surface area contributed by atoms with Crippen LogP contribution in [-0.4, -0.2) is 46.2 Å². The molecule has 0 spiro atoms. The van der Waals surface area contributed by atoms with Crippen LogP contribution in [0.4, 0.5) is 0 Å². The lowest BCUT2D eigenvalue weighted by atomic mass is 9.95. The fraction of sp³-hybridized carbons (Fsp3) is 0.533. The summed E-state index contributed by atoms with van der Waals surface area (Å²) in [6.07, 6.45) is 6.76. The van der Waals surface area contributed by atoms with Gasteiger partial charge in [-0.25, -0.2) is 0 Å². The molecule has 37 heavy (non-hydrogen) atoms. The average molecular weight is 513 g/mol. The first-order chi connectivity index (χ1) is 17.8. The van der Waals surface area contributed by atoms with Crippen molar-refractivity contribution in [1.29, 1.82) is 0 Å². The molecular formula is C30H44N2O5. The van der Waals surface area contributed by atoms with Gasteiger partial charge in [-0.1, -0.05) is 26.3 Å². The zero-order chi connectivity index (χ0) is 26.8. The van der Waals surface area contributed by atoms with Crippen LogP contribution in [-0.2, 0) is 19.3 Å². The molecular weight excluding hydrogens is 468 g/mol. The maximum atomic E-state index is 10.4. The Bertz CT molecular complexity index is 1070. The lowest BCUT2D eigenvalue weighted by molar-refractivity contribution is 0.0242. The van der Waals surface area contributed by atoms with Crippen molar-refractivity contribution in [2.45, 2.75) is 89.9 Å². The molecule has 7 heteroatoms. The second kappa shape index (κ2) is 14.3. The number of likely N-dealkylation sites (N-methyl/N-ethyl adjacent to an activating group) is 1. The standard InChI is InChI=1S/C30H44N2O5/c1-5-6-7-24-12-13-25(37-24)11-9-22-10-15-29(35)30(16-22)36-19-27(31-4)26-17-23(18-32-26)20(2)8-14-28(34)21(3)33/h10,12-13,15-18,20-21,27-28,31-35H,5-9,11,14,19H2,1-4H3. The molecule has 0 aliphatic carbocycles. The number of furan rings is 1. The summed E-state index contributed by atoms with van der Waals surface area (Å²) in [6, 6.07) is 11.7. The molecule has 2 heterocycles. The van der Waals surface area contributed by atoms with E-state index in [1.165, 1.54) is 0 Å². The number of nitrogens with one attached hydrogen (secondary N) is 2. The number of aliphatic hydroxyl groups is 2. The van der Waals surface area contributed by atoms with Crippen molar-refractivity contribution in [3.05, 3.63) is 70.9 Å². The van der Waals surface area contributed by atoms with Crippen molar-refractivity contribution in [2.75, 3.05) is 13.7 Å². The Hall–Kier alpha value is -2.74. The summed E-state index contributed by atoms with van der Waals surface area (Å²) >= 11 is 0. The molecule has 3 rings (SSSR count). The van der Waals surface area contributed by atoms with Gasteiger partial charge in [0.05, 0.1) is 18.2 Å². The van der Waals surface area contributed by atoms with Crippen molar-refractivity contribution < 1.29 is 24.5 Å². The van der Waals surface area contributed by atoms with Crippen LogP contribution in [0.5, 0.6) is 11.5 Å². The third kappa shape index (κ3) is 8.66. The number of aliphatic hydroxyl groups excluding tert-OH is 2. The Morgan fingerprint density at radius 3 is 2.46 bits per heavy atom. The maximum absolute atomic E-state index is 10.4. The fourth-order valence-electron chi connectivity index (χ4n) is 4.38. The number of phenols is 1. The van der Waals surface area contributed by atoms with Crippen LogP contribution in [0.15, 0.2) is 47.0 Å². The largest absolute Gasteiger partial charge is 0.504 e. The fourth-order valence-corrected chi connectivity index (χ4v) is 4.38. The molecule has 0 saturated heterocycles. The summed E-state index contributed by atoms with van der Waals surface area (Å²) < 4.78 is 12.0. The van der Waals surface area contributed by atoms with Crippen LogP contribution in [0.3, 0.4) is 0 Å². The molecule has 0 fully saturated rings. The minimum Gasteiger partial charge on any atom is -0.504 e. The van der Waals surface area contributed by atoms with Gasteiger partial charge in [0.1, 0.15) is 18.1 Å². The summed E-state index contributed by atoms with van der Waals surface area (Å²) in [5.41, 5.74) is 3.22. The van der Waals surface area contributed by atoms with Gasteiger partial charge in [-0.2, -0.15) is 0 Å². The predicted molar refractivity (Wildman–Crippen MR) is 146 cm³/mol. The topological polar surface area (TPSA) is 111 Å². The number of hydrogen-bond donors (Lipinski definition) is 5. The molecule has 2 aromatic heterocycles. The first-order valence-electron chi connectivity index (χ1n) is 13.5. The van der Waals surface area contributed by atoms with E-state index in [9.17, 15) is 15.3 Å². The van der Waals surface area contributed by atoms with Gasteiger partial charge in [-0.05, 0) is 87.0 Å². The zero-order valence-electron chi connectivity index (χ0n) is 22.7. The molecule has 1 aromatic carbocycles. The van der Waals surface area contributed by atoms with Crippen molar-refractivity contribution in [2.24, 2.45) is 0 Å². The number of aromatic amines is 1. The molecule has 7 nitrogen and oxygen atoms in total. The second-order valence-electron chi connectivity index (χ2n) is 10.1. The van der Waals surface area contributed by atoms with Gasteiger partial charge in [0, 0.05) is 24.7 Å². The van der Waals surface area contributed by atoms with Gasteiger partial charge in [0.2, 0.25) is 0 Å². The summed E-state index contributed by atoms with van der Waals surface area (Å²) in [5.74, 6) is 2.86. The van der Waals surface area contributed by atoms with Crippen LogP contribution >= 0.6 is 0 Å². The molecule has 4 unspecified atom stereocenters. The van der Waals surface area contributed by atoms with E-state index in [2.05, 4.69) is 42.3 Å². The molecule has 204 valence electrons. The minimum absolute atomic E-state index is 0.0864. The molecule has 0 amide bonds. The third-order valence-electron chi connectivity index (χ3n) is 7.06. The number of unbranched alkanes of at least 4 members (excludes halogenated alkanes) is 1. The number of H-pyrrole nitrogens is 1. The molecule has 0 aliphatic heterocycles. The van der Waals surface area contributed by atoms with Crippen LogP contribution in [0, 0.1) is 0 Å². The molecule has 0 aliphatic rings. The molecule has 3 aromatic rings. The highest BCUT2D eigenvalue weighted by Gasteiger charge is 2.18. The Labute approximate surface area is 220 Å². The number of aromatic nitrogens is 1. The van der Waals surface area contributed by atoms with Crippen LogP contribution in [0.25, 0.3) is 0 Å². The molecule has 0 bridgehead atoms.